The lowest BCUT2D eigenvalue weighted by Gasteiger charge is -2.07. The van der Waals surface area contributed by atoms with Crippen LogP contribution in [0.3, 0.4) is 0 Å². The summed E-state index contributed by atoms with van der Waals surface area (Å²) in [7, 11) is 0. The van der Waals surface area contributed by atoms with Gasteiger partial charge in [0, 0.05) is 36.8 Å². The standard InChI is InChI=1S/C10H15N5O2/c1-2-6-14-8-4-9(16)15(10(14)17)7-3-5-12-13-11/h4,8H,2-3,5-7H2,1H3. The molecule has 0 saturated carbocycles. The minimum absolute atomic E-state index is 0.279. The summed E-state index contributed by atoms with van der Waals surface area (Å²) < 4.78 is 2.68. The smallest absolute Gasteiger partial charge is 0.300 e. The Morgan fingerprint density at radius 3 is 2.82 bits per heavy atom. The maximum absolute atomic E-state index is 11.9. The molecule has 1 aromatic heterocycles. The van der Waals surface area contributed by atoms with Gasteiger partial charge in [-0.1, -0.05) is 12.0 Å². The van der Waals surface area contributed by atoms with Gasteiger partial charge in [0.2, 0.25) is 0 Å². The van der Waals surface area contributed by atoms with Gasteiger partial charge in [0.05, 0.1) is 0 Å². The Kier molecular flexibility index (Phi) is 5.03. The first kappa shape index (κ1) is 13.1. The molecule has 0 bridgehead atoms. The molecule has 7 nitrogen and oxygen atoms in total. The van der Waals surface area contributed by atoms with Crippen LogP contribution in [0.4, 0.5) is 0 Å². The van der Waals surface area contributed by atoms with Gasteiger partial charge in [-0.3, -0.25) is 9.36 Å². The highest BCUT2D eigenvalue weighted by Gasteiger charge is 2.03. The van der Waals surface area contributed by atoms with Gasteiger partial charge in [-0.05, 0) is 18.4 Å². The molecule has 0 aromatic carbocycles. The second kappa shape index (κ2) is 6.55. The quantitative estimate of drug-likeness (QED) is 0.321. The lowest BCUT2D eigenvalue weighted by atomic mass is 10.4. The molecule has 0 aliphatic carbocycles. The van der Waals surface area contributed by atoms with Crippen LogP contribution >= 0.6 is 0 Å². The predicted octanol–water partition coefficient (Wildman–Crippen LogP) is 1.12. The van der Waals surface area contributed by atoms with Crippen LogP contribution in [0.5, 0.6) is 0 Å². The Bertz CT molecular complexity index is 524. The summed E-state index contributed by atoms with van der Waals surface area (Å²) in [6, 6.07) is 1.38. The molecular formula is C10H15N5O2. The van der Waals surface area contributed by atoms with Crippen molar-refractivity contribution in [3.8, 4) is 0 Å². The van der Waals surface area contributed by atoms with Crippen molar-refractivity contribution in [2.75, 3.05) is 6.54 Å². The van der Waals surface area contributed by atoms with Gasteiger partial charge in [0.25, 0.3) is 5.56 Å². The number of azide groups is 1. The van der Waals surface area contributed by atoms with E-state index >= 15 is 0 Å². The van der Waals surface area contributed by atoms with Crippen molar-refractivity contribution in [2.24, 2.45) is 5.11 Å². The van der Waals surface area contributed by atoms with Gasteiger partial charge >= 0.3 is 5.69 Å². The topological polar surface area (TPSA) is 92.8 Å². The number of rotatable bonds is 6. The third-order valence-corrected chi connectivity index (χ3v) is 2.31. The summed E-state index contributed by atoms with van der Waals surface area (Å²) in [4.78, 5) is 26.0. The molecule has 0 saturated heterocycles. The highest BCUT2D eigenvalue weighted by atomic mass is 16.2. The predicted molar refractivity (Wildman–Crippen MR) is 63.9 cm³/mol. The van der Waals surface area contributed by atoms with Crippen LogP contribution in [0.25, 0.3) is 10.4 Å². The third kappa shape index (κ3) is 3.49. The molecule has 1 rings (SSSR count). The summed E-state index contributed by atoms with van der Waals surface area (Å²) in [6.45, 7) is 3.12. The van der Waals surface area contributed by atoms with E-state index in [1.165, 1.54) is 21.4 Å². The lowest BCUT2D eigenvalue weighted by Crippen LogP contribution is -2.39. The molecule has 0 aliphatic heterocycles. The maximum Gasteiger partial charge on any atom is 0.330 e. The van der Waals surface area contributed by atoms with Crippen LogP contribution in [0.1, 0.15) is 19.8 Å². The van der Waals surface area contributed by atoms with Crippen molar-refractivity contribution in [3.63, 3.8) is 0 Å². The van der Waals surface area contributed by atoms with Crippen LogP contribution in [0, 0.1) is 0 Å². The summed E-state index contributed by atoms with van der Waals surface area (Å²) >= 11 is 0. The SMILES string of the molecule is CCCn1ccc(=O)n(CCCN=[N+]=[N-])c1=O. The summed E-state index contributed by atoms with van der Waals surface area (Å²) in [5, 5.41) is 3.36. The van der Waals surface area contributed by atoms with Crippen molar-refractivity contribution >= 4 is 0 Å². The zero-order chi connectivity index (χ0) is 12.7. The molecule has 92 valence electrons. The van der Waals surface area contributed by atoms with E-state index < -0.39 is 0 Å². The molecule has 0 fully saturated rings. The lowest BCUT2D eigenvalue weighted by molar-refractivity contribution is 0.532. The fraction of sp³-hybridized carbons (Fsp3) is 0.600. The Hall–Kier alpha value is -2.01. The van der Waals surface area contributed by atoms with E-state index in [0.717, 1.165) is 6.42 Å². The van der Waals surface area contributed by atoms with Gasteiger partial charge in [-0.25, -0.2) is 4.79 Å². The van der Waals surface area contributed by atoms with E-state index in [4.69, 9.17) is 5.53 Å². The highest BCUT2D eigenvalue weighted by Crippen LogP contribution is 1.87. The molecule has 0 amide bonds. The van der Waals surface area contributed by atoms with Crippen LogP contribution in [-0.2, 0) is 13.1 Å². The fourth-order valence-corrected chi connectivity index (χ4v) is 1.52. The van der Waals surface area contributed by atoms with Crippen molar-refractivity contribution in [1.29, 1.82) is 0 Å². The zero-order valence-corrected chi connectivity index (χ0v) is 9.74. The monoisotopic (exact) mass is 237 g/mol. The molecule has 0 aliphatic rings. The number of hydrogen-bond donors (Lipinski definition) is 0. The normalized spacial score (nSPS) is 9.94. The maximum atomic E-state index is 11.9. The van der Waals surface area contributed by atoms with E-state index in [1.807, 2.05) is 6.92 Å². The van der Waals surface area contributed by atoms with E-state index in [9.17, 15) is 9.59 Å². The number of aromatic nitrogens is 2. The van der Waals surface area contributed by atoms with Crippen LogP contribution in [-0.4, -0.2) is 15.7 Å². The van der Waals surface area contributed by atoms with Gasteiger partial charge in [0.15, 0.2) is 0 Å². The van der Waals surface area contributed by atoms with Crippen molar-refractivity contribution in [2.45, 2.75) is 32.9 Å². The molecule has 0 radical (unpaired) electrons. The molecular weight excluding hydrogens is 222 g/mol. The van der Waals surface area contributed by atoms with Gasteiger partial charge in [-0.15, -0.1) is 0 Å². The molecule has 1 heterocycles. The number of aryl methyl sites for hydroxylation is 1. The average molecular weight is 237 g/mol. The molecule has 0 atom stereocenters. The molecule has 0 N–H and O–H groups in total. The van der Waals surface area contributed by atoms with Crippen molar-refractivity contribution in [3.05, 3.63) is 43.5 Å². The van der Waals surface area contributed by atoms with E-state index in [1.54, 1.807) is 0 Å². The first-order valence-electron chi connectivity index (χ1n) is 5.52. The second-order valence-electron chi connectivity index (χ2n) is 3.59. The first-order valence-corrected chi connectivity index (χ1v) is 5.52. The fourth-order valence-electron chi connectivity index (χ4n) is 1.52. The van der Waals surface area contributed by atoms with E-state index in [-0.39, 0.29) is 24.3 Å². The first-order chi connectivity index (χ1) is 8.20. The molecule has 0 unspecified atom stereocenters. The van der Waals surface area contributed by atoms with Crippen molar-refractivity contribution in [1.82, 2.24) is 9.13 Å². The molecule has 1 aromatic rings. The summed E-state index contributed by atoms with van der Waals surface area (Å²) in [6.07, 6.45) is 2.82. The summed E-state index contributed by atoms with van der Waals surface area (Å²) in [5.74, 6) is 0. The Labute approximate surface area is 97.9 Å². The minimum atomic E-state index is -0.316. The Balaban J connectivity index is 2.89. The highest BCUT2D eigenvalue weighted by molar-refractivity contribution is 4.86. The van der Waals surface area contributed by atoms with Gasteiger partial charge in [-0.2, -0.15) is 0 Å². The third-order valence-electron chi connectivity index (χ3n) is 2.31. The van der Waals surface area contributed by atoms with Crippen LogP contribution in [0.15, 0.2) is 27.0 Å². The largest absolute Gasteiger partial charge is 0.330 e. The number of hydrogen-bond acceptors (Lipinski definition) is 3. The molecule has 17 heavy (non-hydrogen) atoms. The molecule has 0 spiro atoms. The van der Waals surface area contributed by atoms with Crippen LogP contribution < -0.4 is 11.2 Å². The van der Waals surface area contributed by atoms with Gasteiger partial charge in [0.1, 0.15) is 0 Å². The minimum Gasteiger partial charge on any atom is -0.300 e. The van der Waals surface area contributed by atoms with Crippen molar-refractivity contribution < 1.29 is 0 Å². The van der Waals surface area contributed by atoms with E-state index in [0.29, 0.717) is 13.0 Å². The number of nitrogens with zero attached hydrogens (tertiary/aromatic N) is 5. The zero-order valence-electron chi connectivity index (χ0n) is 9.74. The second-order valence-corrected chi connectivity index (χ2v) is 3.59. The van der Waals surface area contributed by atoms with Crippen LogP contribution in [0.2, 0.25) is 0 Å². The Morgan fingerprint density at radius 1 is 1.41 bits per heavy atom. The average Bonchev–Trinajstić information content (AvgIpc) is 2.32. The summed E-state index contributed by atoms with van der Waals surface area (Å²) in [5.41, 5.74) is 7.49. The molecule has 7 heteroatoms. The Morgan fingerprint density at radius 2 is 2.18 bits per heavy atom. The van der Waals surface area contributed by atoms with Gasteiger partial charge < -0.3 is 4.57 Å². The van der Waals surface area contributed by atoms with E-state index in [2.05, 4.69) is 10.0 Å².